The number of rotatable bonds is 3. The minimum atomic E-state index is -0.137. The van der Waals surface area contributed by atoms with Crippen LogP contribution in [0.1, 0.15) is 30.2 Å². The Balaban J connectivity index is 2.11. The Morgan fingerprint density at radius 3 is 2.78 bits per heavy atom. The number of halogens is 1. The maximum absolute atomic E-state index is 12.0. The first-order valence-electron chi connectivity index (χ1n) is 5.68. The quantitative estimate of drug-likeness (QED) is 0.859. The lowest BCUT2D eigenvalue weighted by atomic mass is 10.2. The van der Waals surface area contributed by atoms with Crippen molar-refractivity contribution in [1.82, 2.24) is 9.78 Å². The van der Waals surface area contributed by atoms with Crippen molar-refractivity contribution >= 4 is 34.3 Å². The molecule has 0 spiro atoms. The molecule has 4 nitrogen and oxygen atoms in total. The molecule has 0 unspecified atom stereocenters. The molecular weight excluding hydrogens is 341 g/mol. The predicted molar refractivity (Wildman–Crippen MR) is 79.7 cm³/mol. The van der Waals surface area contributed by atoms with E-state index in [1.54, 1.807) is 12.1 Å². The lowest BCUT2D eigenvalue weighted by molar-refractivity contribution is 0.102. The maximum Gasteiger partial charge on any atom is 0.256 e. The highest BCUT2D eigenvalue weighted by Gasteiger charge is 2.08. The lowest BCUT2D eigenvalue weighted by Gasteiger charge is -2.05. The molecule has 1 heterocycles. The van der Waals surface area contributed by atoms with Gasteiger partial charge in [-0.1, -0.05) is 6.07 Å². The highest BCUT2D eigenvalue weighted by molar-refractivity contribution is 14.1. The van der Waals surface area contributed by atoms with Gasteiger partial charge in [-0.25, -0.2) is 0 Å². The number of hydrogen-bond donors (Lipinski definition) is 1. The summed E-state index contributed by atoms with van der Waals surface area (Å²) >= 11 is 2.18. The topological polar surface area (TPSA) is 46.9 Å². The molecule has 1 aromatic heterocycles. The Labute approximate surface area is 120 Å². The molecule has 1 aromatic carbocycles. The van der Waals surface area contributed by atoms with Crippen molar-refractivity contribution < 1.29 is 4.79 Å². The monoisotopic (exact) mass is 355 g/mol. The number of anilines is 1. The van der Waals surface area contributed by atoms with Gasteiger partial charge in [0.1, 0.15) is 0 Å². The molecule has 0 radical (unpaired) electrons. The molecule has 0 aliphatic rings. The van der Waals surface area contributed by atoms with Gasteiger partial charge >= 0.3 is 0 Å². The molecular formula is C13H14IN3O. The molecule has 0 atom stereocenters. The third kappa shape index (κ3) is 3.10. The lowest BCUT2D eigenvalue weighted by Crippen LogP contribution is -2.13. The first-order valence-corrected chi connectivity index (χ1v) is 6.76. The first kappa shape index (κ1) is 13.1. The van der Waals surface area contributed by atoms with Gasteiger partial charge in [-0.3, -0.25) is 9.48 Å². The Bertz CT molecular complexity index is 563. The number of nitrogens with one attached hydrogen (secondary N) is 1. The van der Waals surface area contributed by atoms with E-state index in [-0.39, 0.29) is 11.9 Å². The van der Waals surface area contributed by atoms with Crippen molar-refractivity contribution in [3.63, 3.8) is 0 Å². The van der Waals surface area contributed by atoms with Crippen molar-refractivity contribution in [3.05, 3.63) is 45.7 Å². The number of carbonyl (C=O) groups excluding carboxylic acids is 1. The smallest absolute Gasteiger partial charge is 0.256 e. The summed E-state index contributed by atoms with van der Waals surface area (Å²) in [6, 6.07) is 9.53. The number of amides is 1. The molecule has 0 saturated heterocycles. The van der Waals surface area contributed by atoms with E-state index in [2.05, 4.69) is 33.0 Å². The predicted octanol–water partition coefficient (Wildman–Crippen LogP) is 3.32. The molecule has 1 N–H and O–H groups in total. The van der Waals surface area contributed by atoms with E-state index in [9.17, 15) is 4.79 Å². The summed E-state index contributed by atoms with van der Waals surface area (Å²) in [5.41, 5.74) is 0.640. The van der Waals surface area contributed by atoms with Crippen LogP contribution >= 0.6 is 22.6 Å². The van der Waals surface area contributed by atoms with Crippen LogP contribution in [0.25, 0.3) is 0 Å². The van der Waals surface area contributed by atoms with Gasteiger partial charge in [0.2, 0.25) is 0 Å². The second kappa shape index (κ2) is 5.51. The molecule has 0 saturated carbocycles. The first-order chi connectivity index (χ1) is 8.56. The standard InChI is InChI=1S/C13H14IN3O/c1-9(2)17-7-6-12(16-17)15-13(18)10-4-3-5-11(14)8-10/h3-9H,1-2H3,(H,15,16,18). The third-order valence-corrected chi connectivity index (χ3v) is 3.14. The average Bonchev–Trinajstić information content (AvgIpc) is 2.77. The SMILES string of the molecule is CC(C)n1ccc(NC(=O)c2cccc(I)c2)n1. The molecule has 2 rings (SSSR count). The maximum atomic E-state index is 12.0. The highest BCUT2D eigenvalue weighted by Crippen LogP contribution is 2.12. The highest BCUT2D eigenvalue weighted by atomic mass is 127. The van der Waals surface area contributed by atoms with Gasteiger partial charge in [-0.2, -0.15) is 5.10 Å². The average molecular weight is 355 g/mol. The second-order valence-electron chi connectivity index (χ2n) is 4.24. The third-order valence-electron chi connectivity index (χ3n) is 2.47. The number of carbonyl (C=O) groups is 1. The fourth-order valence-electron chi connectivity index (χ4n) is 1.51. The minimum absolute atomic E-state index is 0.137. The molecule has 0 bridgehead atoms. The van der Waals surface area contributed by atoms with Crippen molar-refractivity contribution in [2.45, 2.75) is 19.9 Å². The summed E-state index contributed by atoms with van der Waals surface area (Å²) in [6.45, 7) is 4.08. The van der Waals surface area contributed by atoms with Crippen molar-refractivity contribution in [2.24, 2.45) is 0 Å². The van der Waals surface area contributed by atoms with E-state index < -0.39 is 0 Å². The Kier molecular flexibility index (Phi) is 4.00. The second-order valence-corrected chi connectivity index (χ2v) is 5.48. The number of aromatic nitrogens is 2. The molecule has 5 heteroatoms. The summed E-state index contributed by atoms with van der Waals surface area (Å²) < 4.78 is 2.85. The zero-order chi connectivity index (χ0) is 13.1. The van der Waals surface area contributed by atoms with Crippen molar-refractivity contribution in [1.29, 1.82) is 0 Å². The Morgan fingerprint density at radius 1 is 1.39 bits per heavy atom. The van der Waals surface area contributed by atoms with Gasteiger partial charge in [0.05, 0.1) is 0 Å². The van der Waals surface area contributed by atoms with Crippen LogP contribution in [0, 0.1) is 3.57 Å². The Morgan fingerprint density at radius 2 is 2.17 bits per heavy atom. The molecule has 0 aliphatic carbocycles. The largest absolute Gasteiger partial charge is 0.305 e. The summed E-state index contributed by atoms with van der Waals surface area (Å²) in [7, 11) is 0. The van der Waals surface area contributed by atoms with E-state index >= 15 is 0 Å². The van der Waals surface area contributed by atoms with E-state index in [0.29, 0.717) is 11.4 Å². The van der Waals surface area contributed by atoms with Gasteiger partial charge in [-0.05, 0) is 54.6 Å². The van der Waals surface area contributed by atoms with Gasteiger partial charge in [0, 0.05) is 27.4 Å². The van der Waals surface area contributed by atoms with Gasteiger partial charge < -0.3 is 5.32 Å². The molecule has 0 aliphatic heterocycles. The van der Waals surface area contributed by atoms with Crippen LogP contribution in [-0.4, -0.2) is 15.7 Å². The van der Waals surface area contributed by atoms with E-state index in [0.717, 1.165) is 3.57 Å². The normalized spacial score (nSPS) is 10.7. The summed E-state index contributed by atoms with van der Waals surface area (Å²) in [6.07, 6.45) is 1.86. The Hall–Kier alpha value is -1.37. The van der Waals surface area contributed by atoms with Crippen LogP contribution in [0.3, 0.4) is 0 Å². The van der Waals surface area contributed by atoms with Crippen LogP contribution < -0.4 is 5.32 Å². The van der Waals surface area contributed by atoms with Crippen molar-refractivity contribution in [3.8, 4) is 0 Å². The fourth-order valence-corrected chi connectivity index (χ4v) is 2.05. The summed E-state index contributed by atoms with van der Waals surface area (Å²) in [5.74, 6) is 0.440. The summed E-state index contributed by atoms with van der Waals surface area (Å²) in [4.78, 5) is 12.0. The molecule has 1 amide bonds. The number of benzene rings is 1. The van der Waals surface area contributed by atoms with E-state index in [4.69, 9.17) is 0 Å². The molecule has 18 heavy (non-hydrogen) atoms. The summed E-state index contributed by atoms with van der Waals surface area (Å²) in [5, 5.41) is 7.07. The van der Waals surface area contributed by atoms with Crippen LogP contribution in [0.5, 0.6) is 0 Å². The van der Waals surface area contributed by atoms with E-state index in [1.807, 2.05) is 42.9 Å². The van der Waals surface area contributed by atoms with Gasteiger partial charge in [0.25, 0.3) is 5.91 Å². The van der Waals surface area contributed by atoms with Gasteiger partial charge in [0.15, 0.2) is 5.82 Å². The zero-order valence-corrected chi connectivity index (χ0v) is 12.4. The zero-order valence-electron chi connectivity index (χ0n) is 10.2. The van der Waals surface area contributed by atoms with Crippen LogP contribution in [0.15, 0.2) is 36.5 Å². The molecule has 0 fully saturated rings. The van der Waals surface area contributed by atoms with Crippen molar-refractivity contribution in [2.75, 3.05) is 5.32 Å². The minimum Gasteiger partial charge on any atom is -0.305 e. The number of hydrogen-bond acceptors (Lipinski definition) is 2. The van der Waals surface area contributed by atoms with E-state index in [1.165, 1.54) is 0 Å². The van der Waals surface area contributed by atoms with Crippen LogP contribution in [0.4, 0.5) is 5.82 Å². The fraction of sp³-hybridized carbons (Fsp3) is 0.231. The number of nitrogens with zero attached hydrogens (tertiary/aromatic N) is 2. The van der Waals surface area contributed by atoms with Crippen LogP contribution in [-0.2, 0) is 0 Å². The molecule has 94 valence electrons. The molecule has 2 aromatic rings. The van der Waals surface area contributed by atoms with Gasteiger partial charge in [-0.15, -0.1) is 0 Å². The van der Waals surface area contributed by atoms with Crippen LogP contribution in [0.2, 0.25) is 0 Å².